The van der Waals surface area contributed by atoms with Crippen molar-refractivity contribution >= 4 is 32.2 Å². The van der Waals surface area contributed by atoms with Gasteiger partial charge in [-0.2, -0.15) is 0 Å². The molecule has 182 valence electrons. The lowest BCUT2D eigenvalue weighted by molar-refractivity contribution is 0.0622. The summed E-state index contributed by atoms with van der Waals surface area (Å²) in [5, 5.41) is 4.28. The Labute approximate surface area is 202 Å². The van der Waals surface area contributed by atoms with Crippen molar-refractivity contribution in [1.29, 1.82) is 0 Å². The number of benzene rings is 1. The van der Waals surface area contributed by atoms with Crippen LogP contribution < -0.4 is 14.8 Å². The molecule has 1 unspecified atom stereocenters. The summed E-state index contributed by atoms with van der Waals surface area (Å²) in [6.07, 6.45) is 4.38. The highest BCUT2D eigenvalue weighted by molar-refractivity contribution is 7.92. The third kappa shape index (κ3) is 5.31. The first-order valence-electron chi connectivity index (χ1n) is 10.9. The number of aryl methyl sites for hydroxylation is 1. The monoisotopic (exact) mass is 506 g/mol. The topological polar surface area (TPSA) is 102 Å². The van der Waals surface area contributed by atoms with E-state index in [2.05, 4.69) is 26.9 Å². The number of aromatic nitrogens is 2. The number of nitrogens with one attached hydrogen (secondary N) is 2. The van der Waals surface area contributed by atoms with Crippen LogP contribution in [0.2, 0.25) is 0 Å². The van der Waals surface area contributed by atoms with Crippen molar-refractivity contribution in [3.63, 3.8) is 0 Å². The smallest absolute Gasteiger partial charge is 0.265 e. The summed E-state index contributed by atoms with van der Waals surface area (Å²) in [4.78, 5) is 9.18. The SMILES string of the molecule is COc1ccc(-c2sc(NC(C)C3CCOCC3)nc2C)cc1S(=O)(=O)Nc1cnccc1F. The van der Waals surface area contributed by atoms with Crippen molar-refractivity contribution in [3.8, 4) is 16.2 Å². The number of halogens is 1. The van der Waals surface area contributed by atoms with Crippen molar-refractivity contribution in [2.24, 2.45) is 5.92 Å². The quantitative estimate of drug-likeness (QED) is 0.457. The largest absolute Gasteiger partial charge is 0.495 e. The number of hydrogen-bond donors (Lipinski definition) is 2. The number of hydrogen-bond acceptors (Lipinski definition) is 8. The fourth-order valence-corrected chi connectivity index (χ4v) is 6.24. The molecule has 1 aliphatic heterocycles. The molecule has 0 aliphatic carbocycles. The maximum atomic E-state index is 14.0. The van der Waals surface area contributed by atoms with Crippen LogP contribution in [0.15, 0.2) is 41.6 Å². The first kappa shape index (κ1) is 24.4. The number of ether oxygens (including phenoxy) is 2. The molecular formula is C23H27FN4O4S2. The summed E-state index contributed by atoms with van der Waals surface area (Å²) < 4.78 is 53.2. The molecule has 8 nitrogen and oxygen atoms in total. The number of thiazole rings is 1. The summed E-state index contributed by atoms with van der Waals surface area (Å²) in [6.45, 7) is 5.59. The highest BCUT2D eigenvalue weighted by Gasteiger charge is 2.24. The highest BCUT2D eigenvalue weighted by atomic mass is 32.2. The molecule has 2 N–H and O–H groups in total. The summed E-state index contributed by atoms with van der Waals surface area (Å²) in [5.74, 6) is -0.0614. The van der Waals surface area contributed by atoms with Crippen LogP contribution in [0, 0.1) is 18.7 Å². The summed E-state index contributed by atoms with van der Waals surface area (Å²) >= 11 is 1.46. The Bertz CT molecular complexity index is 1260. The molecule has 1 fully saturated rings. The number of sulfonamides is 1. The van der Waals surface area contributed by atoms with Gasteiger partial charge in [0, 0.05) is 25.5 Å². The van der Waals surface area contributed by atoms with E-state index < -0.39 is 15.8 Å². The average Bonchev–Trinajstić information content (AvgIpc) is 3.20. The van der Waals surface area contributed by atoms with Gasteiger partial charge in [0.25, 0.3) is 10.0 Å². The summed E-state index contributed by atoms with van der Waals surface area (Å²) in [7, 11) is -2.76. The van der Waals surface area contributed by atoms with E-state index in [0.717, 1.165) is 54.0 Å². The van der Waals surface area contributed by atoms with E-state index in [1.165, 1.54) is 30.7 Å². The van der Waals surface area contributed by atoms with Crippen LogP contribution in [-0.2, 0) is 14.8 Å². The minimum absolute atomic E-state index is 0.103. The third-order valence-corrected chi connectivity index (χ3v) is 8.37. The first-order chi connectivity index (χ1) is 16.3. The van der Waals surface area contributed by atoms with E-state index in [1.54, 1.807) is 12.1 Å². The molecule has 2 aromatic heterocycles. The first-order valence-corrected chi connectivity index (χ1v) is 13.2. The van der Waals surface area contributed by atoms with Gasteiger partial charge in [0.15, 0.2) is 5.13 Å². The van der Waals surface area contributed by atoms with Crippen molar-refractivity contribution in [3.05, 3.63) is 48.2 Å². The predicted molar refractivity (Wildman–Crippen MR) is 130 cm³/mol. The molecule has 34 heavy (non-hydrogen) atoms. The van der Waals surface area contributed by atoms with Gasteiger partial charge in [-0.3, -0.25) is 9.71 Å². The lowest BCUT2D eigenvalue weighted by atomic mass is 9.93. The van der Waals surface area contributed by atoms with Gasteiger partial charge in [-0.15, -0.1) is 0 Å². The number of anilines is 2. The standard InChI is InChI=1S/C23H27FN4O4S2/c1-14(16-7-10-32-11-8-16)26-23-27-15(2)22(33-23)17-4-5-20(31-3)21(12-17)34(29,30)28-19-13-25-9-6-18(19)24/h4-6,9,12-14,16,28H,7-8,10-11H2,1-3H3,(H,26,27). The Kier molecular flexibility index (Phi) is 7.34. The molecule has 1 aliphatic rings. The Hall–Kier alpha value is -2.76. The Morgan fingerprint density at radius 1 is 1.26 bits per heavy atom. The fraction of sp³-hybridized carbons (Fsp3) is 0.391. The van der Waals surface area contributed by atoms with Crippen LogP contribution in [0.4, 0.5) is 15.2 Å². The number of rotatable bonds is 8. The molecule has 0 amide bonds. The van der Waals surface area contributed by atoms with E-state index in [-0.39, 0.29) is 22.4 Å². The third-order valence-electron chi connectivity index (χ3n) is 5.85. The minimum Gasteiger partial charge on any atom is -0.495 e. The zero-order valence-electron chi connectivity index (χ0n) is 19.2. The second-order valence-corrected chi connectivity index (χ2v) is 10.8. The van der Waals surface area contributed by atoms with Gasteiger partial charge in [0.2, 0.25) is 0 Å². The summed E-state index contributed by atoms with van der Waals surface area (Å²) in [5.41, 5.74) is 1.22. The van der Waals surface area contributed by atoms with E-state index in [1.807, 2.05) is 6.92 Å². The van der Waals surface area contributed by atoms with Gasteiger partial charge in [-0.25, -0.2) is 17.8 Å². The number of nitrogens with zero attached hydrogens (tertiary/aromatic N) is 2. The van der Waals surface area contributed by atoms with E-state index in [9.17, 15) is 12.8 Å². The van der Waals surface area contributed by atoms with Crippen molar-refractivity contribution in [1.82, 2.24) is 9.97 Å². The van der Waals surface area contributed by atoms with Gasteiger partial charge in [-0.1, -0.05) is 11.3 Å². The predicted octanol–water partition coefficient (Wildman–Crippen LogP) is 4.69. The fourth-order valence-electron chi connectivity index (χ4n) is 3.93. The molecule has 1 aromatic carbocycles. The maximum absolute atomic E-state index is 14.0. The van der Waals surface area contributed by atoms with E-state index in [4.69, 9.17) is 9.47 Å². The molecule has 0 spiro atoms. The Morgan fingerprint density at radius 3 is 2.74 bits per heavy atom. The van der Waals surface area contributed by atoms with Crippen molar-refractivity contribution < 1.29 is 22.3 Å². The molecule has 0 saturated carbocycles. The van der Waals surface area contributed by atoms with Gasteiger partial charge in [0.05, 0.1) is 23.9 Å². The Balaban J connectivity index is 1.62. The lowest BCUT2D eigenvalue weighted by Gasteiger charge is -2.28. The molecule has 1 atom stereocenters. The van der Waals surface area contributed by atoms with E-state index >= 15 is 0 Å². The van der Waals surface area contributed by atoms with E-state index in [0.29, 0.717) is 11.5 Å². The van der Waals surface area contributed by atoms with Crippen LogP contribution in [0.3, 0.4) is 0 Å². The lowest BCUT2D eigenvalue weighted by Crippen LogP contribution is -2.30. The molecule has 3 heterocycles. The molecular weight excluding hydrogens is 479 g/mol. The molecule has 1 saturated heterocycles. The normalized spacial score (nSPS) is 15.6. The minimum atomic E-state index is -4.15. The molecule has 0 bridgehead atoms. The van der Waals surface area contributed by atoms with Gasteiger partial charge in [-0.05, 0) is 62.4 Å². The maximum Gasteiger partial charge on any atom is 0.265 e. The van der Waals surface area contributed by atoms with Crippen LogP contribution in [0.25, 0.3) is 10.4 Å². The van der Waals surface area contributed by atoms with Gasteiger partial charge < -0.3 is 14.8 Å². The zero-order chi connectivity index (χ0) is 24.3. The van der Waals surface area contributed by atoms with Crippen LogP contribution in [0.1, 0.15) is 25.5 Å². The number of pyridine rings is 1. The average molecular weight is 507 g/mol. The number of methoxy groups -OCH3 is 1. The summed E-state index contributed by atoms with van der Waals surface area (Å²) in [6, 6.07) is 6.21. The second-order valence-electron chi connectivity index (χ2n) is 8.14. The Morgan fingerprint density at radius 2 is 2.03 bits per heavy atom. The van der Waals surface area contributed by atoms with Crippen molar-refractivity contribution in [2.75, 3.05) is 30.4 Å². The molecule has 0 radical (unpaired) electrons. The van der Waals surface area contributed by atoms with Gasteiger partial charge in [0.1, 0.15) is 22.1 Å². The molecule has 11 heteroatoms. The van der Waals surface area contributed by atoms with Crippen molar-refractivity contribution in [2.45, 2.75) is 37.6 Å². The van der Waals surface area contributed by atoms with Gasteiger partial charge >= 0.3 is 0 Å². The second kappa shape index (κ2) is 10.2. The van der Waals surface area contributed by atoms with Crippen LogP contribution >= 0.6 is 11.3 Å². The molecule has 3 aromatic rings. The molecule has 4 rings (SSSR count). The van der Waals surface area contributed by atoms with Crippen LogP contribution in [-0.4, -0.2) is 44.8 Å². The zero-order valence-corrected chi connectivity index (χ0v) is 20.8. The van der Waals surface area contributed by atoms with Crippen LogP contribution in [0.5, 0.6) is 5.75 Å². The highest BCUT2D eigenvalue weighted by Crippen LogP contribution is 2.37.